The number of nitrogens with two attached hydrogens (primary N) is 1. The Morgan fingerprint density at radius 2 is 2.11 bits per heavy atom. The first kappa shape index (κ1) is 15.1. The molecular weight excluding hydrogens is 248 g/mol. The Morgan fingerprint density at radius 3 is 2.68 bits per heavy atom. The molecule has 1 rings (SSSR count). The van der Waals surface area contributed by atoms with E-state index in [9.17, 15) is 9.59 Å². The number of primary amides is 1. The lowest BCUT2D eigenvalue weighted by Crippen LogP contribution is -2.26. The van der Waals surface area contributed by atoms with Crippen molar-refractivity contribution in [3.63, 3.8) is 0 Å². The summed E-state index contributed by atoms with van der Waals surface area (Å²) in [6, 6.07) is -0.307. The van der Waals surface area contributed by atoms with Gasteiger partial charge in [-0.05, 0) is 6.42 Å². The number of aromatic nitrogens is 2. The fraction of sp³-hybridized carbons (Fsp3) is 0.667. The topological polar surface area (TPSA) is 111 Å². The lowest BCUT2D eigenvalue weighted by molar-refractivity contribution is -0.120. The molecule has 0 aliphatic carbocycles. The zero-order valence-electron chi connectivity index (χ0n) is 11.3. The molecule has 7 heteroatoms. The van der Waals surface area contributed by atoms with E-state index in [4.69, 9.17) is 10.2 Å². The van der Waals surface area contributed by atoms with Gasteiger partial charge in [-0.3, -0.25) is 9.59 Å². The maximum Gasteiger partial charge on any atom is 0.238 e. The Balaban J connectivity index is 2.69. The molecule has 0 aliphatic heterocycles. The average Bonchev–Trinajstić information content (AvgIpc) is 2.75. The summed E-state index contributed by atoms with van der Waals surface area (Å²) in [5, 5.41) is 10.4. The van der Waals surface area contributed by atoms with Crippen LogP contribution in [0.3, 0.4) is 0 Å². The lowest BCUT2D eigenvalue weighted by Gasteiger charge is -2.13. The first-order valence-electron chi connectivity index (χ1n) is 6.40. The van der Waals surface area contributed by atoms with E-state index in [0.29, 0.717) is 5.89 Å². The molecule has 3 N–H and O–H groups in total. The van der Waals surface area contributed by atoms with Crippen LogP contribution in [0.1, 0.15) is 57.4 Å². The van der Waals surface area contributed by atoms with Crippen LogP contribution in [0.5, 0.6) is 0 Å². The van der Waals surface area contributed by atoms with Crippen LogP contribution in [0.4, 0.5) is 0 Å². The predicted molar refractivity (Wildman–Crippen MR) is 67.9 cm³/mol. The quantitative estimate of drug-likeness (QED) is 0.679. The molecule has 1 unspecified atom stereocenters. The fourth-order valence-corrected chi connectivity index (χ4v) is 1.73. The van der Waals surface area contributed by atoms with Crippen molar-refractivity contribution in [3.8, 4) is 0 Å². The van der Waals surface area contributed by atoms with Gasteiger partial charge in [0.15, 0.2) is 0 Å². The number of carbonyl (C=O) groups excluding carboxylic acids is 2. The zero-order valence-corrected chi connectivity index (χ0v) is 11.3. The zero-order chi connectivity index (χ0) is 14.3. The number of amides is 2. The van der Waals surface area contributed by atoms with E-state index in [2.05, 4.69) is 22.4 Å². The highest BCUT2D eigenvalue weighted by Gasteiger charge is 2.19. The van der Waals surface area contributed by atoms with E-state index >= 15 is 0 Å². The summed E-state index contributed by atoms with van der Waals surface area (Å²) in [6.07, 6.45) is 3.75. The van der Waals surface area contributed by atoms with Crippen molar-refractivity contribution in [1.82, 2.24) is 15.5 Å². The fourth-order valence-electron chi connectivity index (χ4n) is 1.73. The first-order valence-corrected chi connectivity index (χ1v) is 6.40. The van der Waals surface area contributed by atoms with Crippen molar-refractivity contribution in [3.05, 3.63) is 11.8 Å². The monoisotopic (exact) mass is 268 g/mol. The molecule has 0 bridgehead atoms. The minimum absolute atomic E-state index is 0.0885. The van der Waals surface area contributed by atoms with E-state index in [1.54, 1.807) is 0 Å². The van der Waals surface area contributed by atoms with Crippen molar-refractivity contribution in [2.75, 3.05) is 0 Å². The molecule has 0 radical (unpaired) electrons. The second kappa shape index (κ2) is 7.50. The molecule has 0 spiro atoms. The number of carbonyl (C=O) groups is 2. The Hall–Kier alpha value is -1.92. The van der Waals surface area contributed by atoms with Gasteiger partial charge in [0.25, 0.3) is 0 Å². The van der Waals surface area contributed by atoms with Gasteiger partial charge in [-0.1, -0.05) is 26.2 Å². The van der Waals surface area contributed by atoms with E-state index in [1.165, 1.54) is 6.92 Å². The number of nitrogens with one attached hydrogen (secondary N) is 1. The van der Waals surface area contributed by atoms with Crippen molar-refractivity contribution < 1.29 is 14.0 Å². The summed E-state index contributed by atoms with van der Waals surface area (Å²) >= 11 is 0. The second-order valence-corrected chi connectivity index (χ2v) is 4.43. The first-order chi connectivity index (χ1) is 9.02. The highest BCUT2D eigenvalue weighted by Crippen LogP contribution is 2.19. The minimum Gasteiger partial charge on any atom is -0.422 e. The number of rotatable bonds is 8. The van der Waals surface area contributed by atoms with Gasteiger partial charge < -0.3 is 15.5 Å². The largest absolute Gasteiger partial charge is 0.422 e. The van der Waals surface area contributed by atoms with Crippen LogP contribution in [-0.4, -0.2) is 22.0 Å². The number of hydrogen-bond donors (Lipinski definition) is 2. The molecule has 2 amide bonds. The van der Waals surface area contributed by atoms with Crippen LogP contribution in [0.15, 0.2) is 4.42 Å². The Bertz CT molecular complexity index is 430. The normalized spacial score (nSPS) is 12.1. The summed E-state index contributed by atoms with van der Waals surface area (Å²) in [5.41, 5.74) is 5.05. The van der Waals surface area contributed by atoms with Crippen LogP contribution in [0.25, 0.3) is 0 Å². The van der Waals surface area contributed by atoms with Crippen molar-refractivity contribution in [2.45, 2.75) is 52.0 Å². The van der Waals surface area contributed by atoms with E-state index in [0.717, 1.165) is 25.7 Å². The predicted octanol–water partition coefficient (Wildman–Crippen LogP) is 0.855. The molecule has 106 valence electrons. The highest BCUT2D eigenvalue weighted by atomic mass is 16.4. The number of nitrogens with zero attached hydrogens (tertiary/aromatic N) is 2. The SMILES string of the molecule is CCCCCC(NC(C)=O)c1nnc(CC(N)=O)o1. The molecule has 7 nitrogen and oxygen atoms in total. The summed E-state index contributed by atoms with van der Waals surface area (Å²) in [6.45, 7) is 3.54. The third-order valence-corrected chi connectivity index (χ3v) is 2.58. The van der Waals surface area contributed by atoms with Crippen LogP contribution in [0.2, 0.25) is 0 Å². The molecule has 1 aromatic rings. The van der Waals surface area contributed by atoms with Crippen molar-refractivity contribution in [1.29, 1.82) is 0 Å². The lowest BCUT2D eigenvalue weighted by atomic mass is 10.1. The van der Waals surface area contributed by atoms with E-state index < -0.39 is 5.91 Å². The maximum atomic E-state index is 11.2. The van der Waals surface area contributed by atoms with Gasteiger partial charge in [-0.25, -0.2) is 0 Å². The molecule has 1 heterocycles. The van der Waals surface area contributed by atoms with E-state index in [-0.39, 0.29) is 24.3 Å². The van der Waals surface area contributed by atoms with Gasteiger partial charge in [0.1, 0.15) is 12.5 Å². The molecule has 0 aliphatic rings. The van der Waals surface area contributed by atoms with Gasteiger partial charge in [0.2, 0.25) is 23.6 Å². The third-order valence-electron chi connectivity index (χ3n) is 2.58. The minimum atomic E-state index is -0.530. The van der Waals surface area contributed by atoms with E-state index in [1.807, 2.05) is 0 Å². The Morgan fingerprint density at radius 1 is 1.37 bits per heavy atom. The summed E-state index contributed by atoms with van der Waals surface area (Å²) in [4.78, 5) is 21.9. The van der Waals surface area contributed by atoms with Gasteiger partial charge in [-0.2, -0.15) is 0 Å². The average molecular weight is 268 g/mol. The van der Waals surface area contributed by atoms with Crippen LogP contribution in [0, 0.1) is 0 Å². The molecule has 0 fully saturated rings. The molecule has 1 aromatic heterocycles. The second-order valence-electron chi connectivity index (χ2n) is 4.43. The summed E-state index contributed by atoms with van der Waals surface area (Å²) < 4.78 is 5.35. The molecular formula is C12H20N4O3. The maximum absolute atomic E-state index is 11.2. The van der Waals surface area contributed by atoms with Crippen LogP contribution in [-0.2, 0) is 16.0 Å². The molecule has 19 heavy (non-hydrogen) atoms. The third kappa shape index (κ3) is 5.50. The van der Waals surface area contributed by atoms with Crippen LogP contribution < -0.4 is 11.1 Å². The molecule has 0 saturated heterocycles. The smallest absolute Gasteiger partial charge is 0.238 e. The highest BCUT2D eigenvalue weighted by molar-refractivity contribution is 5.75. The van der Waals surface area contributed by atoms with Gasteiger partial charge in [-0.15, -0.1) is 10.2 Å². The van der Waals surface area contributed by atoms with Crippen molar-refractivity contribution in [2.24, 2.45) is 5.73 Å². The Labute approximate surface area is 111 Å². The summed E-state index contributed by atoms with van der Waals surface area (Å²) in [5.74, 6) is -0.190. The standard InChI is InChI=1S/C12H20N4O3/c1-3-4-5-6-9(14-8(2)17)12-16-15-11(19-12)7-10(13)18/h9H,3-7H2,1-2H3,(H2,13,18)(H,14,17). The van der Waals surface area contributed by atoms with Gasteiger partial charge in [0, 0.05) is 6.92 Å². The molecule has 0 saturated carbocycles. The van der Waals surface area contributed by atoms with Crippen molar-refractivity contribution >= 4 is 11.8 Å². The number of unbranched alkanes of at least 4 members (excludes halogenated alkanes) is 2. The van der Waals surface area contributed by atoms with Gasteiger partial charge >= 0.3 is 0 Å². The molecule has 0 aromatic carbocycles. The molecule has 1 atom stereocenters. The van der Waals surface area contributed by atoms with Crippen LogP contribution >= 0.6 is 0 Å². The number of hydrogen-bond acceptors (Lipinski definition) is 5. The Kier molecular flexibility index (Phi) is 5.98. The van der Waals surface area contributed by atoms with Gasteiger partial charge in [0.05, 0.1) is 0 Å². The summed E-state index contributed by atoms with van der Waals surface area (Å²) in [7, 11) is 0.